The maximum Gasteiger partial charge on any atom is 0.137 e. The molecule has 2 heteroatoms. The first-order valence-corrected chi connectivity index (χ1v) is 6.97. The minimum absolute atomic E-state index is 0.173. The number of carbonyl (C=O) groups excluding carboxylic acids is 1. The topological polar surface area (TPSA) is 29.1 Å². The highest BCUT2D eigenvalue weighted by molar-refractivity contribution is 5.82. The summed E-state index contributed by atoms with van der Waals surface area (Å²) in [6, 6.07) is 0.356. The molecule has 0 saturated heterocycles. The smallest absolute Gasteiger partial charge is 0.137 e. The molecule has 1 saturated carbocycles. The number of hydrogen-bond acceptors (Lipinski definition) is 2. The van der Waals surface area contributed by atoms with Gasteiger partial charge in [0.25, 0.3) is 0 Å². The average molecular weight is 237 g/mol. The molecule has 3 atom stereocenters. The van der Waals surface area contributed by atoms with Crippen LogP contribution in [0.4, 0.5) is 0 Å². The molecule has 2 nitrogen and oxygen atoms in total. The number of nitrogens with one attached hydrogen (secondary N) is 1. The Hall–Kier alpha value is -0.630. The second kappa shape index (κ2) is 6.95. The zero-order valence-electron chi connectivity index (χ0n) is 11.6. The molecule has 1 aliphatic rings. The van der Waals surface area contributed by atoms with Gasteiger partial charge in [0.1, 0.15) is 5.78 Å². The van der Waals surface area contributed by atoms with Crippen molar-refractivity contribution in [3.05, 3.63) is 12.2 Å². The second-order valence-corrected chi connectivity index (χ2v) is 5.51. The molecule has 0 aromatic rings. The maximum absolute atomic E-state index is 11.9. The lowest BCUT2D eigenvalue weighted by Crippen LogP contribution is -2.45. The third kappa shape index (κ3) is 4.27. The third-order valence-corrected chi connectivity index (χ3v) is 3.98. The van der Waals surface area contributed by atoms with E-state index >= 15 is 0 Å². The summed E-state index contributed by atoms with van der Waals surface area (Å²) in [6.07, 6.45) is 5.50. The molecule has 0 bridgehead atoms. The fourth-order valence-corrected chi connectivity index (χ4v) is 2.55. The van der Waals surface area contributed by atoms with Crippen molar-refractivity contribution in [3.63, 3.8) is 0 Å². The molecular weight excluding hydrogens is 210 g/mol. The van der Waals surface area contributed by atoms with Gasteiger partial charge < -0.3 is 5.32 Å². The molecule has 0 heterocycles. The first-order chi connectivity index (χ1) is 8.06. The Morgan fingerprint density at radius 3 is 2.76 bits per heavy atom. The molecule has 17 heavy (non-hydrogen) atoms. The quantitative estimate of drug-likeness (QED) is 0.567. The van der Waals surface area contributed by atoms with Crippen LogP contribution in [-0.2, 0) is 4.79 Å². The summed E-state index contributed by atoms with van der Waals surface area (Å²) in [5.74, 6) is 0.965. The van der Waals surface area contributed by atoms with Crippen molar-refractivity contribution >= 4 is 5.78 Å². The Balaban J connectivity index is 2.44. The van der Waals surface area contributed by atoms with Crippen LogP contribution in [0.2, 0.25) is 0 Å². The van der Waals surface area contributed by atoms with Crippen molar-refractivity contribution in [1.29, 1.82) is 0 Å². The predicted octanol–water partition coefficient (Wildman–Crippen LogP) is 3.33. The van der Waals surface area contributed by atoms with E-state index in [0.717, 1.165) is 18.5 Å². The first kappa shape index (κ1) is 14.4. The van der Waals surface area contributed by atoms with Crippen molar-refractivity contribution in [2.24, 2.45) is 11.8 Å². The van der Waals surface area contributed by atoms with Crippen molar-refractivity contribution in [3.8, 4) is 0 Å². The molecule has 0 aromatic heterocycles. The lowest BCUT2D eigenvalue weighted by Gasteiger charge is -2.34. The maximum atomic E-state index is 11.9. The van der Waals surface area contributed by atoms with Crippen molar-refractivity contribution in [2.45, 2.75) is 58.9 Å². The Bertz CT molecular complexity index is 272. The van der Waals surface area contributed by atoms with Gasteiger partial charge >= 0.3 is 0 Å². The zero-order valence-corrected chi connectivity index (χ0v) is 11.6. The van der Waals surface area contributed by atoms with Crippen LogP contribution in [0.25, 0.3) is 0 Å². The lowest BCUT2D eigenvalue weighted by atomic mass is 9.76. The Morgan fingerprint density at radius 2 is 2.18 bits per heavy atom. The highest BCUT2D eigenvalue weighted by Gasteiger charge is 2.33. The summed E-state index contributed by atoms with van der Waals surface area (Å²) in [4.78, 5) is 11.9. The summed E-state index contributed by atoms with van der Waals surface area (Å²) in [7, 11) is 0. The van der Waals surface area contributed by atoms with E-state index in [4.69, 9.17) is 0 Å². The molecule has 0 aromatic carbocycles. The van der Waals surface area contributed by atoms with Gasteiger partial charge in [-0.2, -0.15) is 0 Å². The molecule has 1 rings (SSSR count). The van der Waals surface area contributed by atoms with E-state index < -0.39 is 0 Å². The van der Waals surface area contributed by atoms with Crippen LogP contribution in [0, 0.1) is 11.8 Å². The minimum Gasteiger partial charge on any atom is -0.313 e. The average Bonchev–Trinajstić information content (AvgIpc) is 2.29. The molecule has 1 N–H and O–H groups in total. The van der Waals surface area contributed by atoms with Crippen LogP contribution in [0.15, 0.2) is 12.2 Å². The summed E-state index contributed by atoms with van der Waals surface area (Å²) in [5, 5.41) is 3.56. The second-order valence-electron chi connectivity index (χ2n) is 5.51. The standard InChI is InChI=1S/C15H27NO/c1-5-6-7-8-16-14-9-13(11(2)3)10-15(17)12(14)4/h12-14,16H,2,5-10H2,1,3-4H3. The molecule has 0 aliphatic heterocycles. The van der Waals surface area contributed by atoms with Crippen LogP contribution in [0.1, 0.15) is 52.9 Å². The molecule has 0 radical (unpaired) electrons. The molecular formula is C15H27NO. The van der Waals surface area contributed by atoms with Gasteiger partial charge in [-0.25, -0.2) is 0 Å². The fourth-order valence-electron chi connectivity index (χ4n) is 2.55. The van der Waals surface area contributed by atoms with Gasteiger partial charge in [0.2, 0.25) is 0 Å². The molecule has 98 valence electrons. The van der Waals surface area contributed by atoms with E-state index in [2.05, 4.69) is 25.7 Å². The van der Waals surface area contributed by atoms with Crippen LogP contribution >= 0.6 is 0 Å². The number of hydrogen-bond donors (Lipinski definition) is 1. The van der Waals surface area contributed by atoms with E-state index in [1.165, 1.54) is 19.3 Å². The molecule has 0 amide bonds. The fraction of sp³-hybridized carbons (Fsp3) is 0.800. The minimum atomic E-state index is 0.173. The highest BCUT2D eigenvalue weighted by atomic mass is 16.1. The first-order valence-electron chi connectivity index (χ1n) is 6.97. The highest BCUT2D eigenvalue weighted by Crippen LogP contribution is 2.30. The van der Waals surface area contributed by atoms with E-state index in [1.54, 1.807) is 0 Å². The van der Waals surface area contributed by atoms with Gasteiger partial charge in [-0.1, -0.05) is 38.8 Å². The Kier molecular flexibility index (Phi) is 5.90. The number of rotatable bonds is 6. The van der Waals surface area contributed by atoms with Gasteiger partial charge in [-0.3, -0.25) is 4.79 Å². The number of allylic oxidation sites excluding steroid dienone is 1. The van der Waals surface area contributed by atoms with Gasteiger partial charge in [0.05, 0.1) is 0 Å². The van der Waals surface area contributed by atoms with Gasteiger partial charge in [0, 0.05) is 18.4 Å². The SMILES string of the molecule is C=C(C)C1CC(=O)C(C)C(NCCCCC)C1. The van der Waals surface area contributed by atoms with Gasteiger partial charge in [-0.05, 0) is 32.2 Å². The summed E-state index contributed by atoms with van der Waals surface area (Å²) in [5.41, 5.74) is 1.16. The van der Waals surface area contributed by atoms with Crippen LogP contribution in [0.3, 0.4) is 0 Å². The summed E-state index contributed by atoms with van der Waals surface area (Å²) in [6.45, 7) is 11.4. The number of carbonyl (C=O) groups is 1. The van der Waals surface area contributed by atoms with E-state index in [0.29, 0.717) is 24.2 Å². The van der Waals surface area contributed by atoms with Crippen molar-refractivity contribution < 1.29 is 4.79 Å². The lowest BCUT2D eigenvalue weighted by molar-refractivity contribution is -0.126. The molecule has 1 aliphatic carbocycles. The van der Waals surface area contributed by atoms with Crippen molar-refractivity contribution in [2.75, 3.05) is 6.54 Å². The number of unbranched alkanes of at least 4 members (excludes halogenated alkanes) is 2. The van der Waals surface area contributed by atoms with Gasteiger partial charge in [0.15, 0.2) is 0 Å². The normalized spacial score (nSPS) is 29.4. The van der Waals surface area contributed by atoms with E-state index in [-0.39, 0.29) is 5.92 Å². The van der Waals surface area contributed by atoms with E-state index in [1.807, 2.05) is 6.92 Å². The van der Waals surface area contributed by atoms with Crippen molar-refractivity contribution in [1.82, 2.24) is 5.32 Å². The zero-order chi connectivity index (χ0) is 12.8. The van der Waals surface area contributed by atoms with Crippen LogP contribution in [0.5, 0.6) is 0 Å². The largest absolute Gasteiger partial charge is 0.313 e. The molecule has 3 unspecified atom stereocenters. The summed E-state index contributed by atoms with van der Waals surface area (Å²) < 4.78 is 0. The predicted molar refractivity (Wildman–Crippen MR) is 73.0 cm³/mol. The molecule has 0 spiro atoms. The summed E-state index contributed by atoms with van der Waals surface area (Å²) >= 11 is 0. The number of Topliss-reactive ketones (excluding diaryl/α,β-unsaturated/α-hetero) is 1. The van der Waals surface area contributed by atoms with Crippen LogP contribution < -0.4 is 5.32 Å². The molecule has 1 fully saturated rings. The number of ketones is 1. The van der Waals surface area contributed by atoms with E-state index in [9.17, 15) is 4.79 Å². The van der Waals surface area contributed by atoms with Crippen LogP contribution in [-0.4, -0.2) is 18.4 Å². The third-order valence-electron chi connectivity index (χ3n) is 3.98. The van der Waals surface area contributed by atoms with Gasteiger partial charge in [-0.15, -0.1) is 0 Å². The monoisotopic (exact) mass is 237 g/mol. The Labute approximate surface area is 106 Å². The Morgan fingerprint density at radius 1 is 1.47 bits per heavy atom.